The summed E-state index contributed by atoms with van der Waals surface area (Å²) in [6, 6.07) is 15.8. The summed E-state index contributed by atoms with van der Waals surface area (Å²) in [5.41, 5.74) is 14.4. The van der Waals surface area contributed by atoms with Crippen LogP contribution in [0.25, 0.3) is 22.6 Å². The van der Waals surface area contributed by atoms with Crippen molar-refractivity contribution in [2.45, 2.75) is 26.3 Å². The molecule has 4 aromatic rings. The molecule has 2 amide bonds. The fourth-order valence-corrected chi connectivity index (χ4v) is 3.74. The monoisotopic (exact) mass is 478 g/mol. The Kier molecular flexibility index (Phi) is 6.38. The lowest BCUT2D eigenvalue weighted by atomic mass is 10.0. The number of nitrogen functional groups attached to an aromatic ring is 1. The van der Waals surface area contributed by atoms with Gasteiger partial charge in [-0.3, -0.25) is 9.59 Å². The minimum atomic E-state index is -0.646. The van der Waals surface area contributed by atoms with Gasteiger partial charge in [-0.1, -0.05) is 53.2 Å². The zero-order valence-corrected chi connectivity index (χ0v) is 19.3. The molecule has 2 aromatic carbocycles. The van der Waals surface area contributed by atoms with Crippen LogP contribution in [0.1, 0.15) is 35.8 Å². The number of rotatable bonds is 7. The fourth-order valence-electron chi connectivity index (χ4n) is 3.55. The highest BCUT2D eigenvalue weighted by atomic mass is 35.5. The van der Waals surface area contributed by atoms with E-state index in [9.17, 15) is 9.59 Å². The van der Waals surface area contributed by atoms with E-state index in [0.29, 0.717) is 27.9 Å². The highest BCUT2D eigenvalue weighted by Gasteiger charge is 2.22. The molecule has 0 spiro atoms. The molecule has 34 heavy (non-hydrogen) atoms. The Morgan fingerprint density at radius 2 is 1.85 bits per heavy atom. The molecule has 0 saturated heterocycles. The quantitative estimate of drug-likeness (QED) is 0.361. The van der Waals surface area contributed by atoms with Gasteiger partial charge in [-0.25, -0.2) is 4.68 Å². The predicted octanol–water partition coefficient (Wildman–Crippen LogP) is 4.30. The lowest BCUT2D eigenvalue weighted by Gasteiger charge is -2.07. The van der Waals surface area contributed by atoms with Crippen LogP contribution in [0.3, 0.4) is 0 Å². The highest BCUT2D eigenvalue weighted by molar-refractivity contribution is 6.30. The van der Waals surface area contributed by atoms with E-state index in [-0.39, 0.29) is 29.8 Å². The number of nitrogens with zero attached hydrogens (tertiary/aromatic N) is 3. The molecule has 4 rings (SSSR count). The van der Waals surface area contributed by atoms with Crippen molar-refractivity contribution in [3.8, 4) is 22.6 Å². The molecule has 10 heteroatoms. The molecule has 0 fully saturated rings. The second-order valence-corrected chi connectivity index (χ2v) is 8.46. The molecule has 0 radical (unpaired) electrons. The van der Waals surface area contributed by atoms with Gasteiger partial charge in [0, 0.05) is 28.3 Å². The van der Waals surface area contributed by atoms with Crippen molar-refractivity contribution in [1.29, 1.82) is 0 Å². The maximum atomic E-state index is 12.5. The molecule has 174 valence electrons. The van der Waals surface area contributed by atoms with E-state index in [0.717, 1.165) is 11.1 Å². The zero-order valence-electron chi connectivity index (χ0n) is 18.6. The van der Waals surface area contributed by atoms with E-state index in [1.165, 1.54) is 0 Å². The van der Waals surface area contributed by atoms with E-state index in [1.54, 1.807) is 53.2 Å². The van der Waals surface area contributed by atoms with E-state index in [2.05, 4.69) is 15.6 Å². The number of amides is 2. The van der Waals surface area contributed by atoms with Gasteiger partial charge in [0.05, 0.1) is 6.42 Å². The maximum absolute atomic E-state index is 12.5. The van der Waals surface area contributed by atoms with Gasteiger partial charge in [0.2, 0.25) is 5.91 Å². The smallest absolute Gasteiger partial charge is 0.254 e. The van der Waals surface area contributed by atoms with Crippen molar-refractivity contribution in [2.75, 3.05) is 11.1 Å². The summed E-state index contributed by atoms with van der Waals surface area (Å²) in [7, 11) is 0. The number of carbonyl (C=O) groups is 2. The third-order valence-corrected chi connectivity index (χ3v) is 5.40. The van der Waals surface area contributed by atoms with Crippen LogP contribution < -0.4 is 16.8 Å². The Morgan fingerprint density at radius 1 is 1.12 bits per heavy atom. The van der Waals surface area contributed by atoms with Gasteiger partial charge in [0.15, 0.2) is 11.6 Å². The second-order valence-electron chi connectivity index (χ2n) is 8.02. The number of carbonyl (C=O) groups excluding carboxylic acids is 2. The SMILES string of the molecule is CC(C)n1nc(-c2ccc(CC(=O)Nc3cc(-c4cccc(Cl)c4)on3)cc2)c(C(N)=O)c1N. The number of anilines is 2. The molecule has 0 saturated carbocycles. The summed E-state index contributed by atoms with van der Waals surface area (Å²) in [5, 5.41) is 11.6. The molecule has 2 heterocycles. The Balaban J connectivity index is 1.46. The molecule has 5 N–H and O–H groups in total. The molecular formula is C24H23ClN6O3. The first-order chi connectivity index (χ1) is 16.2. The van der Waals surface area contributed by atoms with Crippen molar-refractivity contribution in [2.24, 2.45) is 5.73 Å². The first-order valence-corrected chi connectivity index (χ1v) is 10.9. The number of benzene rings is 2. The van der Waals surface area contributed by atoms with Gasteiger partial charge >= 0.3 is 0 Å². The van der Waals surface area contributed by atoms with Gasteiger partial charge in [-0.05, 0) is 31.5 Å². The summed E-state index contributed by atoms with van der Waals surface area (Å²) in [6.45, 7) is 3.82. The topological polar surface area (TPSA) is 142 Å². The first kappa shape index (κ1) is 23.1. The maximum Gasteiger partial charge on any atom is 0.254 e. The van der Waals surface area contributed by atoms with E-state index < -0.39 is 5.91 Å². The number of halogens is 1. The van der Waals surface area contributed by atoms with Crippen LogP contribution in [-0.2, 0) is 11.2 Å². The van der Waals surface area contributed by atoms with Crippen molar-refractivity contribution < 1.29 is 14.1 Å². The number of hydrogen-bond donors (Lipinski definition) is 3. The minimum Gasteiger partial charge on any atom is -0.383 e. The molecule has 0 aliphatic heterocycles. The fraction of sp³-hybridized carbons (Fsp3) is 0.167. The van der Waals surface area contributed by atoms with E-state index in [1.807, 2.05) is 19.9 Å². The van der Waals surface area contributed by atoms with Crippen LogP contribution in [0.5, 0.6) is 0 Å². The van der Waals surface area contributed by atoms with Gasteiger partial charge < -0.3 is 21.3 Å². The van der Waals surface area contributed by atoms with Gasteiger partial charge in [-0.15, -0.1) is 0 Å². The lowest BCUT2D eigenvalue weighted by molar-refractivity contribution is -0.115. The lowest BCUT2D eigenvalue weighted by Crippen LogP contribution is -2.15. The van der Waals surface area contributed by atoms with Crippen molar-refractivity contribution in [1.82, 2.24) is 14.9 Å². The predicted molar refractivity (Wildman–Crippen MR) is 130 cm³/mol. The van der Waals surface area contributed by atoms with Gasteiger partial charge in [0.25, 0.3) is 5.91 Å². The number of primary amides is 1. The molecule has 2 aromatic heterocycles. The first-order valence-electron chi connectivity index (χ1n) is 10.5. The summed E-state index contributed by atoms with van der Waals surface area (Å²) < 4.78 is 6.86. The van der Waals surface area contributed by atoms with E-state index in [4.69, 9.17) is 27.6 Å². The summed E-state index contributed by atoms with van der Waals surface area (Å²) >= 11 is 6.01. The number of hydrogen-bond acceptors (Lipinski definition) is 6. The Morgan fingerprint density at radius 3 is 2.50 bits per heavy atom. The number of nitrogens with one attached hydrogen (secondary N) is 1. The summed E-state index contributed by atoms with van der Waals surface area (Å²) in [5.74, 6) is 0.119. The van der Waals surface area contributed by atoms with Crippen LogP contribution in [-0.4, -0.2) is 26.8 Å². The van der Waals surface area contributed by atoms with Crippen LogP contribution >= 0.6 is 11.6 Å². The third kappa shape index (κ3) is 4.79. The Bertz CT molecular complexity index is 1360. The number of aromatic nitrogens is 3. The highest BCUT2D eigenvalue weighted by Crippen LogP contribution is 2.29. The van der Waals surface area contributed by atoms with Crippen LogP contribution in [0, 0.1) is 0 Å². The van der Waals surface area contributed by atoms with Crippen molar-refractivity contribution in [3.63, 3.8) is 0 Å². The Labute approximate surface area is 200 Å². The molecule has 0 bridgehead atoms. The van der Waals surface area contributed by atoms with Crippen LogP contribution in [0.2, 0.25) is 5.02 Å². The molecule has 0 atom stereocenters. The molecular weight excluding hydrogens is 456 g/mol. The normalized spacial score (nSPS) is 11.1. The average Bonchev–Trinajstić information content (AvgIpc) is 3.38. The minimum absolute atomic E-state index is 0.0363. The van der Waals surface area contributed by atoms with Gasteiger partial charge in [0.1, 0.15) is 17.1 Å². The van der Waals surface area contributed by atoms with Gasteiger partial charge in [-0.2, -0.15) is 5.10 Å². The molecule has 0 unspecified atom stereocenters. The average molecular weight is 479 g/mol. The zero-order chi connectivity index (χ0) is 24.4. The molecule has 9 nitrogen and oxygen atoms in total. The largest absolute Gasteiger partial charge is 0.383 e. The van der Waals surface area contributed by atoms with Crippen molar-refractivity contribution in [3.05, 3.63) is 70.7 Å². The number of nitrogens with two attached hydrogens (primary N) is 2. The summed E-state index contributed by atoms with van der Waals surface area (Å²) in [6.07, 6.45) is 0.116. The summed E-state index contributed by atoms with van der Waals surface area (Å²) in [4.78, 5) is 24.5. The molecule has 0 aliphatic carbocycles. The Hall–Kier alpha value is -4.11. The molecule has 0 aliphatic rings. The van der Waals surface area contributed by atoms with Crippen molar-refractivity contribution >= 4 is 35.1 Å². The van der Waals surface area contributed by atoms with Crippen LogP contribution in [0.15, 0.2) is 59.1 Å². The second kappa shape index (κ2) is 9.40. The van der Waals surface area contributed by atoms with E-state index >= 15 is 0 Å². The standard InChI is InChI=1S/C24H23ClN6O3/c1-13(2)31-23(26)21(24(27)33)22(29-31)15-8-6-14(7-9-15)10-20(32)28-19-12-18(34-30-19)16-4-3-5-17(25)11-16/h3-9,11-13H,10,26H2,1-2H3,(H2,27,33)(H,28,30,32). The third-order valence-electron chi connectivity index (χ3n) is 5.16. The van der Waals surface area contributed by atoms with Crippen LogP contribution in [0.4, 0.5) is 11.6 Å².